The second kappa shape index (κ2) is 7.84. The van der Waals surface area contributed by atoms with E-state index in [4.69, 9.17) is 9.47 Å². The number of ketones is 1. The highest BCUT2D eigenvalue weighted by Crippen LogP contribution is 2.61. The van der Waals surface area contributed by atoms with Crippen LogP contribution in [0.15, 0.2) is 66.2 Å². The monoisotopic (exact) mass is 402 g/mol. The Bertz CT molecular complexity index is 979. The summed E-state index contributed by atoms with van der Waals surface area (Å²) in [6.45, 7) is 2.67. The van der Waals surface area contributed by atoms with Gasteiger partial charge in [0.1, 0.15) is 0 Å². The van der Waals surface area contributed by atoms with Crippen molar-refractivity contribution >= 4 is 17.3 Å². The van der Waals surface area contributed by atoms with E-state index in [-0.39, 0.29) is 41.5 Å². The van der Waals surface area contributed by atoms with Crippen molar-refractivity contribution < 1.29 is 19.1 Å². The summed E-state index contributed by atoms with van der Waals surface area (Å²) in [5, 5.41) is 0. The first-order chi connectivity index (χ1) is 14.7. The molecule has 4 heteroatoms. The van der Waals surface area contributed by atoms with Crippen LogP contribution < -0.4 is 0 Å². The SMILES string of the molecule is CCOC(=O)C1=C(c2ccccc2)C(=O)[C@H]2[C@H]3C[C@@H]([C@@H]12)[C@H](OCc1ccccc1)C3. The molecule has 0 aliphatic heterocycles. The molecule has 0 heterocycles. The molecule has 5 rings (SSSR count). The third kappa shape index (κ3) is 3.10. The number of hydrogen-bond donors (Lipinski definition) is 0. The highest BCUT2D eigenvalue weighted by Gasteiger charge is 2.62. The van der Waals surface area contributed by atoms with Crippen LogP contribution in [0.5, 0.6) is 0 Å². The third-order valence-electron chi connectivity index (χ3n) is 6.96. The van der Waals surface area contributed by atoms with E-state index in [2.05, 4.69) is 12.1 Å². The normalized spacial score (nSPS) is 29.4. The van der Waals surface area contributed by atoms with Gasteiger partial charge in [0, 0.05) is 17.4 Å². The summed E-state index contributed by atoms with van der Waals surface area (Å²) in [6, 6.07) is 19.7. The van der Waals surface area contributed by atoms with Crippen LogP contribution in [-0.2, 0) is 25.7 Å². The van der Waals surface area contributed by atoms with Crippen LogP contribution in [0.25, 0.3) is 5.57 Å². The summed E-state index contributed by atoms with van der Waals surface area (Å²) < 4.78 is 11.7. The molecule has 5 atom stereocenters. The zero-order valence-electron chi connectivity index (χ0n) is 17.1. The molecule has 0 radical (unpaired) electrons. The molecule has 154 valence electrons. The summed E-state index contributed by atoms with van der Waals surface area (Å²) in [5.74, 6) is 0.0366. The van der Waals surface area contributed by atoms with Crippen LogP contribution in [0.4, 0.5) is 0 Å². The minimum Gasteiger partial charge on any atom is -0.463 e. The van der Waals surface area contributed by atoms with Gasteiger partial charge < -0.3 is 9.47 Å². The number of carbonyl (C=O) groups is 2. The van der Waals surface area contributed by atoms with Crippen molar-refractivity contribution in [3.05, 3.63) is 77.4 Å². The lowest BCUT2D eigenvalue weighted by atomic mass is 9.77. The first kappa shape index (κ1) is 19.3. The number of Topliss-reactive ketones (excluding diaryl/α,β-unsaturated/α-hetero) is 1. The summed E-state index contributed by atoms with van der Waals surface area (Å²) in [5.41, 5.74) is 3.12. The van der Waals surface area contributed by atoms with Gasteiger partial charge in [0.15, 0.2) is 5.78 Å². The summed E-state index contributed by atoms with van der Waals surface area (Å²) in [6.07, 6.45) is 1.91. The quantitative estimate of drug-likeness (QED) is 0.670. The molecule has 0 N–H and O–H groups in total. The maximum absolute atomic E-state index is 13.5. The fraction of sp³-hybridized carbons (Fsp3) is 0.385. The Morgan fingerprint density at radius 1 is 0.967 bits per heavy atom. The van der Waals surface area contributed by atoms with Crippen LogP contribution in [0.1, 0.15) is 30.9 Å². The molecule has 0 amide bonds. The second-order valence-electron chi connectivity index (χ2n) is 8.52. The van der Waals surface area contributed by atoms with Gasteiger partial charge >= 0.3 is 5.97 Å². The van der Waals surface area contributed by atoms with Gasteiger partial charge in [-0.1, -0.05) is 60.7 Å². The minimum atomic E-state index is -0.341. The molecule has 2 bridgehead atoms. The molecule has 0 unspecified atom stereocenters. The van der Waals surface area contributed by atoms with E-state index in [1.165, 1.54) is 0 Å². The van der Waals surface area contributed by atoms with Gasteiger partial charge in [-0.2, -0.15) is 0 Å². The average Bonchev–Trinajstić information content (AvgIpc) is 3.44. The molecular weight excluding hydrogens is 376 g/mol. The first-order valence-electron chi connectivity index (χ1n) is 10.9. The lowest BCUT2D eigenvalue weighted by molar-refractivity contribution is -0.139. The predicted octanol–water partition coefficient (Wildman–Crippen LogP) is 4.44. The van der Waals surface area contributed by atoms with E-state index >= 15 is 0 Å². The average molecular weight is 402 g/mol. The molecule has 30 heavy (non-hydrogen) atoms. The van der Waals surface area contributed by atoms with Crippen molar-refractivity contribution in [1.82, 2.24) is 0 Å². The van der Waals surface area contributed by atoms with Gasteiger partial charge in [0.25, 0.3) is 0 Å². The zero-order valence-corrected chi connectivity index (χ0v) is 17.1. The van der Waals surface area contributed by atoms with Crippen molar-refractivity contribution in [2.75, 3.05) is 6.61 Å². The summed E-state index contributed by atoms with van der Waals surface area (Å²) in [7, 11) is 0. The van der Waals surface area contributed by atoms with Crippen molar-refractivity contribution in [1.29, 1.82) is 0 Å². The van der Waals surface area contributed by atoms with Crippen LogP contribution in [0.3, 0.4) is 0 Å². The van der Waals surface area contributed by atoms with Gasteiger partial charge in [-0.3, -0.25) is 4.79 Å². The van der Waals surface area contributed by atoms with E-state index in [9.17, 15) is 9.59 Å². The maximum Gasteiger partial charge on any atom is 0.335 e. The smallest absolute Gasteiger partial charge is 0.335 e. The lowest BCUT2D eigenvalue weighted by Crippen LogP contribution is -2.35. The topological polar surface area (TPSA) is 52.6 Å². The Hall–Kier alpha value is -2.72. The number of esters is 1. The maximum atomic E-state index is 13.5. The van der Waals surface area contributed by atoms with Gasteiger partial charge in [-0.15, -0.1) is 0 Å². The molecule has 3 aliphatic carbocycles. The van der Waals surface area contributed by atoms with E-state index < -0.39 is 0 Å². The Morgan fingerprint density at radius 2 is 1.67 bits per heavy atom. The number of allylic oxidation sites excluding steroid dienone is 1. The zero-order chi connectivity index (χ0) is 20.7. The minimum absolute atomic E-state index is 0.0730. The fourth-order valence-electron chi connectivity index (χ4n) is 5.86. The molecule has 0 aromatic heterocycles. The van der Waals surface area contributed by atoms with Crippen molar-refractivity contribution in [3.63, 3.8) is 0 Å². The molecule has 4 nitrogen and oxygen atoms in total. The Balaban J connectivity index is 1.46. The molecule has 0 spiro atoms. The number of ether oxygens (including phenoxy) is 2. The number of hydrogen-bond acceptors (Lipinski definition) is 4. The lowest BCUT2D eigenvalue weighted by Gasteiger charge is -2.32. The van der Waals surface area contributed by atoms with Gasteiger partial charge in [0.05, 0.1) is 24.9 Å². The van der Waals surface area contributed by atoms with Crippen LogP contribution in [-0.4, -0.2) is 24.5 Å². The molecular formula is C26H26O4. The molecule has 3 aliphatic rings. The molecule has 2 aromatic rings. The van der Waals surface area contributed by atoms with Crippen LogP contribution >= 0.6 is 0 Å². The molecule has 0 saturated heterocycles. The number of carbonyl (C=O) groups excluding carboxylic acids is 2. The number of rotatable bonds is 6. The van der Waals surface area contributed by atoms with Gasteiger partial charge in [0.2, 0.25) is 0 Å². The fourth-order valence-corrected chi connectivity index (χ4v) is 5.86. The second-order valence-corrected chi connectivity index (χ2v) is 8.52. The van der Waals surface area contributed by atoms with Crippen molar-refractivity contribution in [3.8, 4) is 0 Å². The van der Waals surface area contributed by atoms with E-state index in [0.717, 1.165) is 24.0 Å². The molecule has 2 fully saturated rings. The van der Waals surface area contributed by atoms with Crippen molar-refractivity contribution in [2.24, 2.45) is 23.7 Å². The molecule has 2 aromatic carbocycles. The predicted molar refractivity (Wildman–Crippen MR) is 113 cm³/mol. The highest BCUT2D eigenvalue weighted by atomic mass is 16.5. The number of benzene rings is 2. The Morgan fingerprint density at radius 3 is 2.37 bits per heavy atom. The summed E-state index contributed by atoms with van der Waals surface area (Å²) >= 11 is 0. The highest BCUT2D eigenvalue weighted by molar-refractivity contribution is 6.30. The van der Waals surface area contributed by atoms with E-state index in [0.29, 0.717) is 24.4 Å². The largest absolute Gasteiger partial charge is 0.463 e. The van der Waals surface area contributed by atoms with E-state index in [1.54, 1.807) is 0 Å². The number of fused-ring (bicyclic) bond motifs is 5. The van der Waals surface area contributed by atoms with Crippen LogP contribution in [0, 0.1) is 23.7 Å². The van der Waals surface area contributed by atoms with Gasteiger partial charge in [-0.25, -0.2) is 4.79 Å². The standard InChI is InChI=1S/C26H26O4/c1-2-29-26(28)24-21(17-11-7-4-8-12-17)25(27)22-18-13-19(23(22)24)20(14-18)30-15-16-9-5-3-6-10-16/h3-12,18-20,22-23H,2,13-15H2,1H3/t18-,19+,20+,22-,23+/m0/s1. The van der Waals surface area contributed by atoms with Crippen molar-refractivity contribution in [2.45, 2.75) is 32.5 Å². The van der Waals surface area contributed by atoms with Gasteiger partial charge in [-0.05, 0) is 42.7 Å². The third-order valence-corrected chi connectivity index (χ3v) is 6.96. The van der Waals surface area contributed by atoms with Crippen LogP contribution in [0.2, 0.25) is 0 Å². The first-order valence-corrected chi connectivity index (χ1v) is 10.9. The molecule has 2 saturated carbocycles. The summed E-state index contributed by atoms with van der Waals surface area (Å²) in [4.78, 5) is 26.5. The Kier molecular flexibility index (Phi) is 5.03. The van der Waals surface area contributed by atoms with E-state index in [1.807, 2.05) is 55.5 Å². The Labute approximate surface area is 176 Å².